The number of carbonyl (C=O) groups is 2. The van der Waals surface area contributed by atoms with Crippen molar-refractivity contribution in [2.75, 3.05) is 45.9 Å². The molecule has 1 N–H and O–H groups in total. The summed E-state index contributed by atoms with van der Waals surface area (Å²) in [6, 6.07) is 3.90. The molecule has 1 saturated heterocycles. The van der Waals surface area contributed by atoms with Gasteiger partial charge in [0.05, 0.1) is 13.2 Å². The van der Waals surface area contributed by atoms with Crippen LogP contribution in [0.1, 0.15) is 45.6 Å². The van der Waals surface area contributed by atoms with Gasteiger partial charge in [-0.05, 0) is 30.5 Å². The molecule has 2 amide bonds. The largest absolute Gasteiger partial charge is 0.379 e. The summed E-state index contributed by atoms with van der Waals surface area (Å²) in [6.07, 6.45) is 5.54. The van der Waals surface area contributed by atoms with E-state index in [1.165, 1.54) is 0 Å². The lowest BCUT2D eigenvalue weighted by Gasteiger charge is -2.28. The lowest BCUT2D eigenvalue weighted by atomic mass is 9.96. The minimum Gasteiger partial charge on any atom is -0.379 e. The van der Waals surface area contributed by atoms with E-state index in [1.807, 2.05) is 37.8 Å². The van der Waals surface area contributed by atoms with Gasteiger partial charge in [0.15, 0.2) is 0 Å². The van der Waals surface area contributed by atoms with Crippen LogP contribution in [0.15, 0.2) is 24.5 Å². The summed E-state index contributed by atoms with van der Waals surface area (Å²) < 4.78 is 5.39. The molecule has 1 aromatic heterocycles. The van der Waals surface area contributed by atoms with Crippen molar-refractivity contribution in [2.45, 2.75) is 46.6 Å². The first-order valence-electron chi connectivity index (χ1n) is 10.6. The Bertz CT molecular complexity index is 625. The highest BCUT2D eigenvalue weighted by Crippen LogP contribution is 2.12. The fraction of sp³-hybridized carbons (Fsp3) is 0.682. The van der Waals surface area contributed by atoms with Crippen LogP contribution in [-0.4, -0.2) is 72.5 Å². The van der Waals surface area contributed by atoms with E-state index >= 15 is 0 Å². The molecule has 0 aliphatic carbocycles. The first kappa shape index (κ1) is 23.3. The summed E-state index contributed by atoms with van der Waals surface area (Å²) in [5.41, 5.74) is 0.678. The summed E-state index contributed by atoms with van der Waals surface area (Å²) in [6.45, 7) is 12.0. The van der Waals surface area contributed by atoms with E-state index in [0.29, 0.717) is 25.9 Å². The number of pyridine rings is 1. The van der Waals surface area contributed by atoms with Gasteiger partial charge in [0.25, 0.3) is 0 Å². The Morgan fingerprint density at radius 1 is 1.17 bits per heavy atom. The molecule has 0 radical (unpaired) electrons. The number of hydrogen-bond donors (Lipinski definition) is 1. The zero-order valence-electron chi connectivity index (χ0n) is 18.2. The highest BCUT2D eigenvalue weighted by Gasteiger charge is 2.21. The van der Waals surface area contributed by atoms with Gasteiger partial charge in [-0.25, -0.2) is 0 Å². The topological polar surface area (TPSA) is 74.8 Å². The SMILES string of the molecule is CC(C)(C)C(=O)NCCCC(=O)N(CCCN1CCOCC1)Cc1ccncc1. The maximum atomic E-state index is 12.8. The average Bonchev–Trinajstić information content (AvgIpc) is 2.71. The number of nitrogens with one attached hydrogen (secondary N) is 1. The lowest BCUT2D eigenvalue weighted by molar-refractivity contribution is -0.132. The molecule has 0 atom stereocenters. The molecule has 0 spiro atoms. The maximum absolute atomic E-state index is 12.8. The van der Waals surface area contributed by atoms with Crippen molar-refractivity contribution in [1.29, 1.82) is 0 Å². The monoisotopic (exact) mass is 404 g/mol. The van der Waals surface area contributed by atoms with E-state index in [-0.39, 0.29) is 11.8 Å². The predicted octanol–water partition coefficient (Wildman–Crippen LogP) is 2.08. The van der Waals surface area contributed by atoms with Crippen molar-refractivity contribution in [3.8, 4) is 0 Å². The number of nitrogens with zero attached hydrogens (tertiary/aromatic N) is 3. The standard InChI is InChI=1S/C22H36N4O3/c1-22(2,3)21(28)24-9-4-6-20(27)26(18-19-7-10-23-11-8-19)13-5-12-25-14-16-29-17-15-25/h7-8,10-11H,4-6,9,12-18H2,1-3H3,(H,24,28). The number of rotatable bonds is 10. The van der Waals surface area contributed by atoms with Crippen molar-refractivity contribution in [2.24, 2.45) is 5.41 Å². The minimum atomic E-state index is -0.406. The van der Waals surface area contributed by atoms with Crippen LogP contribution in [0.25, 0.3) is 0 Å². The first-order chi connectivity index (χ1) is 13.9. The van der Waals surface area contributed by atoms with Gasteiger partial charge >= 0.3 is 0 Å². The molecule has 29 heavy (non-hydrogen) atoms. The van der Waals surface area contributed by atoms with Gasteiger partial charge in [0.1, 0.15) is 0 Å². The molecule has 0 unspecified atom stereocenters. The summed E-state index contributed by atoms with van der Waals surface area (Å²) in [5.74, 6) is 0.151. The van der Waals surface area contributed by atoms with E-state index in [0.717, 1.165) is 51.4 Å². The van der Waals surface area contributed by atoms with Crippen LogP contribution in [-0.2, 0) is 20.9 Å². The summed E-state index contributed by atoms with van der Waals surface area (Å²) in [7, 11) is 0. The third kappa shape index (κ3) is 8.92. The molecule has 7 heteroatoms. The molecule has 1 aliphatic heterocycles. The van der Waals surface area contributed by atoms with Crippen LogP contribution < -0.4 is 5.32 Å². The molecule has 7 nitrogen and oxygen atoms in total. The predicted molar refractivity (Wildman–Crippen MR) is 113 cm³/mol. The number of hydrogen-bond acceptors (Lipinski definition) is 5. The van der Waals surface area contributed by atoms with Gasteiger partial charge in [-0.3, -0.25) is 19.5 Å². The molecule has 1 fully saturated rings. The summed E-state index contributed by atoms with van der Waals surface area (Å²) in [4.78, 5) is 33.2. The number of carbonyl (C=O) groups excluding carboxylic acids is 2. The first-order valence-corrected chi connectivity index (χ1v) is 10.6. The molecule has 0 aromatic carbocycles. The highest BCUT2D eigenvalue weighted by atomic mass is 16.5. The van der Waals surface area contributed by atoms with Crippen molar-refractivity contribution >= 4 is 11.8 Å². The van der Waals surface area contributed by atoms with Crippen LogP contribution in [0.5, 0.6) is 0 Å². The zero-order valence-corrected chi connectivity index (χ0v) is 18.2. The Morgan fingerprint density at radius 3 is 2.52 bits per heavy atom. The molecule has 0 saturated carbocycles. The van der Waals surface area contributed by atoms with Crippen molar-refractivity contribution in [3.05, 3.63) is 30.1 Å². The smallest absolute Gasteiger partial charge is 0.225 e. The Labute approximate surface area is 174 Å². The van der Waals surface area contributed by atoms with Crippen LogP contribution >= 0.6 is 0 Å². The Hall–Kier alpha value is -1.99. The summed E-state index contributed by atoms with van der Waals surface area (Å²) in [5, 5.41) is 2.92. The third-order valence-electron chi connectivity index (χ3n) is 5.02. The normalized spacial score (nSPS) is 15.1. The van der Waals surface area contributed by atoms with Crippen molar-refractivity contribution < 1.29 is 14.3 Å². The number of ether oxygens (including phenoxy) is 1. The second-order valence-corrected chi connectivity index (χ2v) is 8.59. The van der Waals surface area contributed by atoms with Crippen LogP contribution in [0.4, 0.5) is 0 Å². The maximum Gasteiger partial charge on any atom is 0.225 e. The molecule has 162 valence electrons. The van der Waals surface area contributed by atoms with Crippen LogP contribution in [0.3, 0.4) is 0 Å². The van der Waals surface area contributed by atoms with Gasteiger partial charge in [0.2, 0.25) is 11.8 Å². The van der Waals surface area contributed by atoms with E-state index in [2.05, 4.69) is 15.2 Å². The van der Waals surface area contributed by atoms with E-state index in [9.17, 15) is 9.59 Å². The van der Waals surface area contributed by atoms with Crippen LogP contribution in [0.2, 0.25) is 0 Å². The highest BCUT2D eigenvalue weighted by molar-refractivity contribution is 5.81. The van der Waals surface area contributed by atoms with E-state index in [1.54, 1.807) is 12.4 Å². The quantitative estimate of drug-likeness (QED) is 0.605. The number of amides is 2. The molecule has 1 aromatic rings. The van der Waals surface area contributed by atoms with Gasteiger partial charge in [-0.15, -0.1) is 0 Å². The molecule has 0 bridgehead atoms. The molecular formula is C22H36N4O3. The molecule has 2 heterocycles. The number of aromatic nitrogens is 1. The Morgan fingerprint density at radius 2 is 1.86 bits per heavy atom. The van der Waals surface area contributed by atoms with E-state index < -0.39 is 5.41 Å². The van der Waals surface area contributed by atoms with Crippen LogP contribution in [0, 0.1) is 5.41 Å². The summed E-state index contributed by atoms with van der Waals surface area (Å²) >= 11 is 0. The van der Waals surface area contributed by atoms with Gasteiger partial charge in [-0.2, -0.15) is 0 Å². The Kier molecular flexibility index (Phi) is 9.54. The van der Waals surface area contributed by atoms with Crippen molar-refractivity contribution in [3.63, 3.8) is 0 Å². The second kappa shape index (κ2) is 11.9. The molecular weight excluding hydrogens is 368 g/mol. The third-order valence-corrected chi connectivity index (χ3v) is 5.02. The van der Waals surface area contributed by atoms with Gasteiger partial charge in [0, 0.05) is 63.5 Å². The fourth-order valence-electron chi connectivity index (χ4n) is 3.18. The van der Waals surface area contributed by atoms with E-state index in [4.69, 9.17) is 4.74 Å². The van der Waals surface area contributed by atoms with Gasteiger partial charge < -0.3 is 15.0 Å². The van der Waals surface area contributed by atoms with Crippen molar-refractivity contribution in [1.82, 2.24) is 20.1 Å². The molecule has 1 aliphatic rings. The number of morpholine rings is 1. The zero-order chi connectivity index (χ0) is 21.1. The minimum absolute atomic E-state index is 0.0177. The fourth-order valence-corrected chi connectivity index (χ4v) is 3.18. The Balaban J connectivity index is 1.80. The van der Waals surface area contributed by atoms with Gasteiger partial charge in [-0.1, -0.05) is 20.8 Å². The lowest BCUT2D eigenvalue weighted by Crippen LogP contribution is -2.39. The molecule has 2 rings (SSSR count). The second-order valence-electron chi connectivity index (χ2n) is 8.59. The average molecular weight is 405 g/mol.